The van der Waals surface area contributed by atoms with Crippen molar-refractivity contribution in [3.63, 3.8) is 0 Å². The second-order valence-electron chi connectivity index (χ2n) is 7.75. The molecule has 1 aliphatic rings. The molecule has 8 heteroatoms. The summed E-state index contributed by atoms with van der Waals surface area (Å²) in [6, 6.07) is 11.7. The highest BCUT2D eigenvalue weighted by atomic mass is 19.1. The molecule has 1 unspecified atom stereocenters. The van der Waals surface area contributed by atoms with Crippen LogP contribution in [0.5, 0.6) is 0 Å². The number of piperidine rings is 1. The average molecular weight is 398 g/mol. The Morgan fingerprint density at radius 3 is 2.69 bits per heavy atom. The standard InChI is InChI=1S/C21H23FN4O3/c1-25(12-16-5-8-18-19(11-16)24-29-23-18)14-21(28)9-2-10-26(20(21)27)13-15-3-6-17(22)7-4-15/h3-8,11,28H,2,9-10,12-14H2,1H3. The lowest BCUT2D eigenvalue weighted by atomic mass is 9.90. The van der Waals surface area contributed by atoms with Crippen LogP contribution in [0.4, 0.5) is 4.39 Å². The molecule has 152 valence electrons. The van der Waals surface area contributed by atoms with Gasteiger partial charge in [-0.15, -0.1) is 0 Å². The minimum Gasteiger partial charge on any atom is -0.379 e. The molecular formula is C21H23FN4O3. The number of halogens is 1. The van der Waals surface area contributed by atoms with Gasteiger partial charge in [0, 0.05) is 26.2 Å². The van der Waals surface area contributed by atoms with E-state index in [1.165, 1.54) is 12.1 Å². The highest BCUT2D eigenvalue weighted by molar-refractivity contribution is 5.86. The summed E-state index contributed by atoms with van der Waals surface area (Å²) in [4.78, 5) is 16.6. The molecule has 2 heterocycles. The summed E-state index contributed by atoms with van der Waals surface area (Å²) in [5, 5.41) is 18.7. The average Bonchev–Trinajstić information content (AvgIpc) is 3.15. The zero-order chi connectivity index (χ0) is 20.4. The van der Waals surface area contributed by atoms with E-state index in [-0.39, 0.29) is 18.3 Å². The summed E-state index contributed by atoms with van der Waals surface area (Å²) >= 11 is 0. The quantitative estimate of drug-likeness (QED) is 0.686. The SMILES string of the molecule is CN(Cc1ccc2nonc2c1)CC1(O)CCCN(Cc2ccc(F)cc2)C1=O. The molecule has 0 bridgehead atoms. The van der Waals surface area contributed by atoms with Crippen LogP contribution in [0.15, 0.2) is 47.1 Å². The highest BCUT2D eigenvalue weighted by Crippen LogP contribution is 2.26. The van der Waals surface area contributed by atoms with Crippen molar-refractivity contribution in [1.82, 2.24) is 20.1 Å². The molecule has 0 spiro atoms. The Labute approximate surface area is 167 Å². The van der Waals surface area contributed by atoms with Gasteiger partial charge in [-0.1, -0.05) is 18.2 Å². The molecule has 1 atom stereocenters. The molecule has 29 heavy (non-hydrogen) atoms. The van der Waals surface area contributed by atoms with Gasteiger partial charge in [0.05, 0.1) is 0 Å². The Morgan fingerprint density at radius 2 is 1.90 bits per heavy atom. The van der Waals surface area contributed by atoms with Gasteiger partial charge in [-0.3, -0.25) is 9.69 Å². The van der Waals surface area contributed by atoms with Crippen molar-refractivity contribution in [3.8, 4) is 0 Å². The van der Waals surface area contributed by atoms with Gasteiger partial charge in [0.15, 0.2) is 5.60 Å². The molecule has 1 amide bonds. The number of fused-ring (bicyclic) bond motifs is 1. The van der Waals surface area contributed by atoms with E-state index in [9.17, 15) is 14.3 Å². The maximum atomic E-state index is 13.1. The fraction of sp³-hybridized carbons (Fsp3) is 0.381. The summed E-state index contributed by atoms with van der Waals surface area (Å²) in [5.41, 5.74) is 1.76. The van der Waals surface area contributed by atoms with Crippen LogP contribution in [-0.2, 0) is 17.9 Å². The van der Waals surface area contributed by atoms with Crippen molar-refractivity contribution in [3.05, 3.63) is 59.4 Å². The monoisotopic (exact) mass is 398 g/mol. The van der Waals surface area contributed by atoms with Gasteiger partial charge < -0.3 is 10.0 Å². The topological polar surface area (TPSA) is 82.7 Å². The van der Waals surface area contributed by atoms with Crippen molar-refractivity contribution < 1.29 is 18.9 Å². The van der Waals surface area contributed by atoms with Gasteiger partial charge in [0.2, 0.25) is 0 Å². The number of amides is 1. The van der Waals surface area contributed by atoms with E-state index in [1.54, 1.807) is 17.0 Å². The summed E-state index contributed by atoms with van der Waals surface area (Å²) in [5.74, 6) is -0.590. The van der Waals surface area contributed by atoms with Crippen molar-refractivity contribution in [2.24, 2.45) is 0 Å². The maximum Gasteiger partial charge on any atom is 0.256 e. The summed E-state index contributed by atoms with van der Waals surface area (Å²) in [7, 11) is 1.87. The minimum absolute atomic E-state index is 0.223. The lowest BCUT2D eigenvalue weighted by Crippen LogP contribution is -2.57. The molecule has 4 rings (SSSR count). The van der Waals surface area contributed by atoms with Crippen LogP contribution in [0.3, 0.4) is 0 Å². The number of likely N-dealkylation sites (N-methyl/N-ethyl adjacent to an activating group) is 1. The molecule has 1 aromatic heterocycles. The molecule has 2 aromatic carbocycles. The van der Waals surface area contributed by atoms with E-state index in [4.69, 9.17) is 4.63 Å². The Kier molecular flexibility index (Phi) is 5.29. The van der Waals surface area contributed by atoms with Crippen molar-refractivity contribution >= 4 is 16.9 Å². The molecular weight excluding hydrogens is 375 g/mol. The Bertz CT molecular complexity index is 1010. The second kappa shape index (κ2) is 7.88. The number of rotatable bonds is 6. The Morgan fingerprint density at radius 1 is 1.17 bits per heavy atom. The third-order valence-corrected chi connectivity index (χ3v) is 5.29. The van der Waals surface area contributed by atoms with E-state index >= 15 is 0 Å². The van der Waals surface area contributed by atoms with E-state index in [1.807, 2.05) is 30.1 Å². The first-order valence-corrected chi connectivity index (χ1v) is 9.59. The van der Waals surface area contributed by atoms with Gasteiger partial charge >= 0.3 is 0 Å². The fourth-order valence-electron chi connectivity index (χ4n) is 3.91. The molecule has 1 saturated heterocycles. The molecule has 3 aromatic rings. The second-order valence-corrected chi connectivity index (χ2v) is 7.75. The van der Waals surface area contributed by atoms with E-state index in [2.05, 4.69) is 10.3 Å². The molecule has 0 radical (unpaired) electrons. The zero-order valence-corrected chi connectivity index (χ0v) is 16.2. The maximum absolute atomic E-state index is 13.1. The molecule has 1 aliphatic heterocycles. The number of benzene rings is 2. The van der Waals surface area contributed by atoms with E-state index < -0.39 is 5.60 Å². The number of hydrogen-bond donors (Lipinski definition) is 1. The number of carbonyl (C=O) groups is 1. The molecule has 0 aliphatic carbocycles. The molecule has 0 saturated carbocycles. The van der Waals surface area contributed by atoms with Crippen molar-refractivity contribution in [2.45, 2.75) is 31.5 Å². The van der Waals surface area contributed by atoms with Gasteiger partial charge in [-0.2, -0.15) is 0 Å². The van der Waals surface area contributed by atoms with E-state index in [0.29, 0.717) is 43.5 Å². The summed E-state index contributed by atoms with van der Waals surface area (Å²) in [6.07, 6.45) is 1.14. The number of hydrogen-bond acceptors (Lipinski definition) is 6. The Balaban J connectivity index is 1.41. The van der Waals surface area contributed by atoms with Crippen LogP contribution in [0.2, 0.25) is 0 Å². The van der Waals surface area contributed by atoms with Crippen LogP contribution >= 0.6 is 0 Å². The number of likely N-dealkylation sites (tertiary alicyclic amines) is 1. The first-order chi connectivity index (χ1) is 13.9. The number of nitrogens with zero attached hydrogens (tertiary/aromatic N) is 4. The van der Waals surface area contributed by atoms with Crippen LogP contribution in [0.1, 0.15) is 24.0 Å². The predicted molar refractivity (Wildman–Crippen MR) is 104 cm³/mol. The van der Waals surface area contributed by atoms with Crippen LogP contribution < -0.4 is 0 Å². The van der Waals surface area contributed by atoms with Crippen LogP contribution in [0, 0.1) is 5.82 Å². The lowest BCUT2D eigenvalue weighted by Gasteiger charge is -2.40. The largest absolute Gasteiger partial charge is 0.379 e. The number of aromatic nitrogens is 2. The molecule has 1 fully saturated rings. The Hall–Kier alpha value is -2.84. The first kappa shape index (κ1) is 19.5. The first-order valence-electron chi connectivity index (χ1n) is 9.59. The van der Waals surface area contributed by atoms with Gasteiger partial charge in [-0.05, 0) is 65.6 Å². The smallest absolute Gasteiger partial charge is 0.256 e. The minimum atomic E-state index is -1.44. The predicted octanol–water partition coefficient (Wildman–Crippen LogP) is 2.35. The van der Waals surface area contributed by atoms with E-state index in [0.717, 1.165) is 11.1 Å². The third kappa shape index (κ3) is 4.28. The van der Waals surface area contributed by atoms with Crippen LogP contribution in [-0.4, -0.2) is 56.9 Å². The van der Waals surface area contributed by atoms with Gasteiger partial charge in [0.1, 0.15) is 16.9 Å². The van der Waals surface area contributed by atoms with Crippen molar-refractivity contribution in [1.29, 1.82) is 0 Å². The van der Waals surface area contributed by atoms with Gasteiger partial charge in [-0.25, -0.2) is 9.02 Å². The van der Waals surface area contributed by atoms with Gasteiger partial charge in [0.25, 0.3) is 5.91 Å². The summed E-state index contributed by atoms with van der Waals surface area (Å²) < 4.78 is 17.8. The van der Waals surface area contributed by atoms with Crippen molar-refractivity contribution in [2.75, 3.05) is 20.1 Å². The zero-order valence-electron chi connectivity index (χ0n) is 16.2. The lowest BCUT2D eigenvalue weighted by molar-refractivity contribution is -0.160. The molecule has 1 N–H and O–H groups in total. The summed E-state index contributed by atoms with van der Waals surface area (Å²) in [6.45, 7) is 1.72. The fourth-order valence-corrected chi connectivity index (χ4v) is 3.91. The highest BCUT2D eigenvalue weighted by Gasteiger charge is 2.42. The third-order valence-electron chi connectivity index (χ3n) is 5.29. The normalized spacial score (nSPS) is 20.0. The van der Waals surface area contributed by atoms with Crippen LogP contribution in [0.25, 0.3) is 11.0 Å². The number of carbonyl (C=O) groups excluding carboxylic acids is 1. The molecule has 7 nitrogen and oxygen atoms in total. The number of aliphatic hydroxyl groups is 1.